The van der Waals surface area contributed by atoms with Crippen molar-refractivity contribution in [3.8, 4) is 0 Å². The van der Waals surface area contributed by atoms with Gasteiger partial charge in [-0.15, -0.1) is 0 Å². The number of rotatable bonds is 4. The summed E-state index contributed by atoms with van der Waals surface area (Å²) in [5.41, 5.74) is 0. The first-order chi connectivity index (χ1) is 4.63. The molecular formula is C6H16BrN3. The Morgan fingerprint density at radius 3 is 2.10 bits per heavy atom. The molecule has 2 atom stereocenters. The minimum atomic E-state index is 0.231. The van der Waals surface area contributed by atoms with Crippen LogP contribution in [0.3, 0.4) is 0 Å². The maximum Gasteiger partial charge on any atom is 0.118 e. The van der Waals surface area contributed by atoms with Gasteiger partial charge in [-0.3, -0.25) is 10.2 Å². The second-order valence-electron chi connectivity index (χ2n) is 2.25. The molecule has 0 aromatic carbocycles. The van der Waals surface area contributed by atoms with Crippen LogP contribution in [0.1, 0.15) is 6.92 Å². The summed E-state index contributed by atoms with van der Waals surface area (Å²) >= 11 is 3.46. The fourth-order valence-corrected chi connectivity index (χ4v) is 0.958. The van der Waals surface area contributed by atoms with Crippen LogP contribution in [0.25, 0.3) is 0 Å². The van der Waals surface area contributed by atoms with Crippen LogP contribution < -0.4 is 10.6 Å². The van der Waals surface area contributed by atoms with Crippen LogP contribution in [0, 0.1) is 0 Å². The highest BCUT2D eigenvalue weighted by Crippen LogP contribution is 2.02. The van der Waals surface area contributed by atoms with E-state index in [1.54, 1.807) is 0 Å². The Labute approximate surface area is 71.3 Å². The summed E-state index contributed by atoms with van der Waals surface area (Å²) in [5, 5.41) is 6.45. The highest BCUT2D eigenvalue weighted by Gasteiger charge is 2.12. The van der Waals surface area contributed by atoms with Crippen LogP contribution in [0.4, 0.5) is 0 Å². The van der Waals surface area contributed by atoms with Crippen molar-refractivity contribution in [2.75, 3.05) is 21.1 Å². The van der Waals surface area contributed by atoms with E-state index >= 15 is 0 Å². The van der Waals surface area contributed by atoms with E-state index in [9.17, 15) is 0 Å². The molecule has 0 heterocycles. The zero-order chi connectivity index (χ0) is 8.15. The molecule has 0 amide bonds. The number of alkyl halides is 1. The molecule has 0 saturated carbocycles. The minimum absolute atomic E-state index is 0.231. The molecule has 0 saturated heterocycles. The zero-order valence-corrected chi connectivity index (χ0v) is 8.57. The van der Waals surface area contributed by atoms with Gasteiger partial charge in [0.2, 0.25) is 0 Å². The van der Waals surface area contributed by atoms with Gasteiger partial charge in [0, 0.05) is 0 Å². The van der Waals surface area contributed by atoms with Crippen LogP contribution in [-0.4, -0.2) is 37.3 Å². The fourth-order valence-electron chi connectivity index (χ4n) is 0.604. The van der Waals surface area contributed by atoms with Crippen molar-refractivity contribution in [1.29, 1.82) is 0 Å². The molecule has 0 radical (unpaired) electrons. The second kappa shape index (κ2) is 5.07. The van der Waals surface area contributed by atoms with E-state index in [-0.39, 0.29) is 5.08 Å². The van der Waals surface area contributed by atoms with E-state index in [0.717, 1.165) is 0 Å². The van der Waals surface area contributed by atoms with Gasteiger partial charge in [0.05, 0.1) is 6.17 Å². The molecular weight excluding hydrogens is 194 g/mol. The smallest absolute Gasteiger partial charge is 0.118 e. The minimum Gasteiger partial charge on any atom is -0.305 e. The maximum absolute atomic E-state index is 3.46. The van der Waals surface area contributed by atoms with Gasteiger partial charge < -0.3 is 5.32 Å². The van der Waals surface area contributed by atoms with E-state index in [1.807, 2.05) is 21.1 Å². The number of hydrogen-bond donors (Lipinski definition) is 2. The van der Waals surface area contributed by atoms with Crippen molar-refractivity contribution in [1.82, 2.24) is 15.5 Å². The largest absolute Gasteiger partial charge is 0.305 e. The van der Waals surface area contributed by atoms with Crippen molar-refractivity contribution >= 4 is 15.9 Å². The first kappa shape index (κ1) is 10.4. The lowest BCUT2D eigenvalue weighted by Crippen LogP contribution is -2.47. The second-order valence-corrected chi connectivity index (χ2v) is 3.12. The van der Waals surface area contributed by atoms with E-state index in [2.05, 4.69) is 38.4 Å². The lowest BCUT2D eigenvalue weighted by molar-refractivity contribution is 0.203. The molecule has 0 spiro atoms. The Morgan fingerprint density at radius 2 is 1.80 bits per heavy atom. The Balaban J connectivity index is 3.69. The van der Waals surface area contributed by atoms with Crippen LogP contribution >= 0.6 is 15.9 Å². The molecule has 2 unspecified atom stereocenters. The van der Waals surface area contributed by atoms with E-state index < -0.39 is 0 Å². The predicted octanol–water partition coefficient (Wildman–Crippen LogP) is 0.381. The molecule has 3 nitrogen and oxygen atoms in total. The fraction of sp³-hybridized carbons (Fsp3) is 1.00. The number of nitrogens with zero attached hydrogens (tertiary/aromatic N) is 1. The molecule has 10 heavy (non-hydrogen) atoms. The van der Waals surface area contributed by atoms with Gasteiger partial charge in [0.1, 0.15) is 5.08 Å². The zero-order valence-electron chi connectivity index (χ0n) is 6.98. The Bertz CT molecular complexity index is 79.1. The van der Waals surface area contributed by atoms with E-state index in [0.29, 0.717) is 6.17 Å². The lowest BCUT2D eigenvalue weighted by Gasteiger charge is -2.28. The topological polar surface area (TPSA) is 27.3 Å². The Morgan fingerprint density at radius 1 is 1.30 bits per heavy atom. The molecule has 4 heteroatoms. The van der Waals surface area contributed by atoms with Crippen molar-refractivity contribution in [3.63, 3.8) is 0 Å². The summed E-state index contributed by atoms with van der Waals surface area (Å²) in [7, 11) is 5.89. The van der Waals surface area contributed by atoms with Crippen molar-refractivity contribution in [2.45, 2.75) is 18.2 Å². The summed E-state index contributed by atoms with van der Waals surface area (Å²) < 4.78 is 0. The molecule has 0 aliphatic heterocycles. The molecule has 0 bridgehead atoms. The SMILES string of the molecule is CNC(C)N(C)C(Br)NC. The Kier molecular flexibility index (Phi) is 5.25. The van der Waals surface area contributed by atoms with Gasteiger partial charge in [-0.2, -0.15) is 0 Å². The van der Waals surface area contributed by atoms with Crippen molar-refractivity contribution in [3.05, 3.63) is 0 Å². The lowest BCUT2D eigenvalue weighted by atomic mass is 10.5. The molecule has 0 aliphatic rings. The maximum atomic E-state index is 3.46. The Hall–Kier alpha value is 0.360. The van der Waals surface area contributed by atoms with Crippen LogP contribution in [0.15, 0.2) is 0 Å². The highest BCUT2D eigenvalue weighted by molar-refractivity contribution is 9.09. The van der Waals surface area contributed by atoms with Gasteiger partial charge in [0.15, 0.2) is 0 Å². The van der Waals surface area contributed by atoms with Crippen LogP contribution in [-0.2, 0) is 0 Å². The van der Waals surface area contributed by atoms with E-state index in [4.69, 9.17) is 0 Å². The van der Waals surface area contributed by atoms with Gasteiger partial charge in [-0.05, 0) is 28.1 Å². The third-order valence-electron chi connectivity index (χ3n) is 1.62. The first-order valence-electron chi connectivity index (χ1n) is 3.34. The number of nitrogens with one attached hydrogen (secondary N) is 2. The molecule has 0 aliphatic carbocycles. The summed E-state index contributed by atoms with van der Waals surface area (Å²) in [6.07, 6.45) is 0.372. The molecule has 0 aromatic rings. The van der Waals surface area contributed by atoms with Crippen molar-refractivity contribution < 1.29 is 0 Å². The normalized spacial score (nSPS) is 17.4. The number of halogens is 1. The summed E-state index contributed by atoms with van der Waals surface area (Å²) in [4.78, 5) is 2.14. The summed E-state index contributed by atoms with van der Waals surface area (Å²) in [5.74, 6) is 0. The monoisotopic (exact) mass is 209 g/mol. The first-order valence-corrected chi connectivity index (χ1v) is 4.25. The predicted molar refractivity (Wildman–Crippen MR) is 48.1 cm³/mol. The van der Waals surface area contributed by atoms with Gasteiger partial charge >= 0.3 is 0 Å². The summed E-state index contributed by atoms with van der Waals surface area (Å²) in [6, 6.07) is 0. The standard InChI is InChI=1S/C6H16BrN3/c1-5(8-2)10(4)6(7)9-3/h5-6,8-9H,1-4H3. The molecule has 0 aromatic heterocycles. The molecule has 62 valence electrons. The average molecular weight is 210 g/mol. The van der Waals surface area contributed by atoms with Gasteiger partial charge in [-0.25, -0.2) is 0 Å². The number of hydrogen-bond acceptors (Lipinski definition) is 3. The third kappa shape index (κ3) is 2.96. The van der Waals surface area contributed by atoms with Crippen LogP contribution in [0.5, 0.6) is 0 Å². The van der Waals surface area contributed by atoms with Gasteiger partial charge in [0.25, 0.3) is 0 Å². The molecule has 2 N–H and O–H groups in total. The quantitative estimate of drug-likeness (QED) is 0.399. The van der Waals surface area contributed by atoms with E-state index in [1.165, 1.54) is 0 Å². The highest BCUT2D eigenvalue weighted by atomic mass is 79.9. The van der Waals surface area contributed by atoms with Gasteiger partial charge in [-0.1, -0.05) is 15.9 Å². The van der Waals surface area contributed by atoms with Crippen LogP contribution in [0.2, 0.25) is 0 Å². The van der Waals surface area contributed by atoms with Crippen molar-refractivity contribution in [2.24, 2.45) is 0 Å². The molecule has 0 rings (SSSR count). The summed E-state index contributed by atoms with van der Waals surface area (Å²) in [6.45, 7) is 2.10. The average Bonchev–Trinajstić information content (AvgIpc) is 2.00. The molecule has 0 fully saturated rings. The third-order valence-corrected chi connectivity index (χ3v) is 2.73.